The number of unbranched alkanes of at least 4 members (excludes halogenated alkanes) is 18. The molecule has 0 spiro atoms. The van der Waals surface area contributed by atoms with Gasteiger partial charge < -0.3 is 19.8 Å². The van der Waals surface area contributed by atoms with Gasteiger partial charge in [-0.05, 0) is 31.6 Å². The molecule has 0 aromatic heterocycles. The number of amides is 1. The minimum atomic E-state index is -0.180. The van der Waals surface area contributed by atoms with Crippen LogP contribution in [0.25, 0.3) is 0 Å². The summed E-state index contributed by atoms with van der Waals surface area (Å²) in [6.07, 6.45) is 26.5. The molecule has 1 amide bonds. The minimum absolute atomic E-state index is 0.107. The first-order valence-corrected chi connectivity index (χ1v) is 15.8. The molecule has 0 saturated heterocycles. The van der Waals surface area contributed by atoms with Crippen LogP contribution in [-0.4, -0.2) is 54.1 Å². The first kappa shape index (κ1) is 38.5. The Balaban J connectivity index is 0. The van der Waals surface area contributed by atoms with Crippen LogP contribution in [0.3, 0.4) is 0 Å². The summed E-state index contributed by atoms with van der Waals surface area (Å²) in [5.41, 5.74) is 0. The number of ether oxygens (including phenoxy) is 1. The van der Waals surface area contributed by atoms with Crippen molar-refractivity contribution in [3.8, 4) is 23.7 Å². The van der Waals surface area contributed by atoms with Crippen LogP contribution in [0, 0.1) is 23.7 Å². The zero-order chi connectivity index (χ0) is 28.4. The number of hydrogen-bond acceptors (Lipinski definition) is 4. The van der Waals surface area contributed by atoms with Crippen LogP contribution in [-0.2, 0) is 4.74 Å². The van der Waals surface area contributed by atoms with E-state index < -0.39 is 0 Å². The van der Waals surface area contributed by atoms with Gasteiger partial charge in [-0.15, -0.1) is 0 Å². The Morgan fingerprint density at radius 3 is 1.16 bits per heavy atom. The lowest BCUT2D eigenvalue weighted by Gasteiger charge is -2.22. The van der Waals surface area contributed by atoms with Crippen LogP contribution in [0.1, 0.15) is 149 Å². The topological polar surface area (TPSA) is 70.0 Å². The fraction of sp³-hybridized carbons (Fsp3) is 0.848. The van der Waals surface area contributed by atoms with E-state index in [4.69, 9.17) is 14.9 Å². The van der Waals surface area contributed by atoms with E-state index in [0.29, 0.717) is 6.61 Å². The Bertz CT molecular complexity index is 556. The molecule has 0 aromatic rings. The number of nitrogens with zero attached hydrogens (tertiary/aromatic N) is 1. The second-order valence-corrected chi connectivity index (χ2v) is 9.97. The smallest absolute Gasteiger partial charge is 0.409 e. The molecule has 0 aliphatic rings. The van der Waals surface area contributed by atoms with Crippen molar-refractivity contribution in [3.05, 3.63) is 0 Å². The van der Waals surface area contributed by atoms with Crippen LogP contribution in [0.15, 0.2) is 0 Å². The third-order valence-electron chi connectivity index (χ3n) is 6.49. The second-order valence-electron chi connectivity index (χ2n) is 9.97. The van der Waals surface area contributed by atoms with E-state index in [2.05, 4.69) is 37.5 Å². The Morgan fingerprint density at radius 1 is 0.553 bits per heavy atom. The maximum Gasteiger partial charge on any atom is 0.409 e. The number of carbonyl (C=O) groups excluding carboxylic acids is 1. The lowest BCUT2D eigenvalue weighted by Crippen LogP contribution is -2.33. The molecule has 0 heterocycles. The normalized spacial score (nSPS) is 9.92. The Morgan fingerprint density at radius 2 is 0.868 bits per heavy atom. The molecule has 5 heteroatoms. The lowest BCUT2D eigenvalue weighted by atomic mass is 10.1. The number of aliphatic hydroxyl groups is 2. The molecule has 2 N–H and O–H groups in total. The molecule has 0 saturated carbocycles. The molecule has 0 aliphatic carbocycles. The maximum atomic E-state index is 12.2. The van der Waals surface area contributed by atoms with Gasteiger partial charge >= 0.3 is 6.09 Å². The van der Waals surface area contributed by atoms with Gasteiger partial charge in [0, 0.05) is 13.1 Å². The van der Waals surface area contributed by atoms with E-state index in [1.54, 1.807) is 0 Å². The second kappa shape index (κ2) is 35.3. The van der Waals surface area contributed by atoms with E-state index in [-0.39, 0.29) is 19.3 Å². The van der Waals surface area contributed by atoms with Crippen LogP contribution >= 0.6 is 0 Å². The van der Waals surface area contributed by atoms with E-state index in [9.17, 15) is 4.79 Å². The van der Waals surface area contributed by atoms with Crippen molar-refractivity contribution >= 4 is 6.09 Å². The van der Waals surface area contributed by atoms with Crippen LogP contribution in [0.2, 0.25) is 0 Å². The SMILES string of the molecule is CCCCCCCCCCCCN(CCCCCCCCCCCC)C(=O)OCC.OCC#CC#CCO. The first-order valence-electron chi connectivity index (χ1n) is 15.8. The molecular weight excluding hydrogens is 474 g/mol. The highest BCUT2D eigenvalue weighted by molar-refractivity contribution is 5.67. The fourth-order valence-electron chi connectivity index (χ4n) is 4.26. The largest absolute Gasteiger partial charge is 0.450 e. The number of rotatable bonds is 23. The van der Waals surface area contributed by atoms with Crippen LogP contribution in [0.5, 0.6) is 0 Å². The quantitative estimate of drug-likeness (QED) is 0.102. The third kappa shape index (κ3) is 32.3. The summed E-state index contributed by atoms with van der Waals surface area (Å²) in [5, 5.41) is 16.1. The molecule has 0 rings (SSSR count). The molecule has 38 heavy (non-hydrogen) atoms. The summed E-state index contributed by atoms with van der Waals surface area (Å²) in [6, 6.07) is 0. The van der Waals surface area contributed by atoms with Crippen molar-refractivity contribution in [2.45, 2.75) is 149 Å². The summed E-state index contributed by atoms with van der Waals surface area (Å²) >= 11 is 0. The highest BCUT2D eigenvalue weighted by Gasteiger charge is 2.13. The van der Waals surface area contributed by atoms with Gasteiger partial charge in [-0.1, -0.05) is 141 Å². The predicted octanol–water partition coefficient (Wildman–Crippen LogP) is 8.26. The fourth-order valence-corrected chi connectivity index (χ4v) is 4.26. The molecule has 0 fully saturated rings. The van der Waals surface area contributed by atoms with E-state index in [0.717, 1.165) is 25.9 Å². The van der Waals surface area contributed by atoms with Crippen molar-refractivity contribution in [2.75, 3.05) is 32.9 Å². The average Bonchev–Trinajstić information content (AvgIpc) is 2.92. The molecule has 0 atom stereocenters. The summed E-state index contributed by atoms with van der Waals surface area (Å²) < 4.78 is 5.28. The monoisotopic (exact) mass is 535 g/mol. The van der Waals surface area contributed by atoms with E-state index >= 15 is 0 Å². The average molecular weight is 536 g/mol. The first-order chi connectivity index (χ1) is 18.7. The minimum Gasteiger partial charge on any atom is -0.450 e. The van der Waals surface area contributed by atoms with Gasteiger partial charge in [-0.2, -0.15) is 0 Å². The van der Waals surface area contributed by atoms with Gasteiger partial charge in [0.2, 0.25) is 0 Å². The van der Waals surface area contributed by atoms with Gasteiger partial charge in [0.15, 0.2) is 0 Å². The van der Waals surface area contributed by atoms with Crippen molar-refractivity contribution in [3.63, 3.8) is 0 Å². The standard InChI is InChI=1S/C27H55NO2.C6H6O2/c1-4-7-9-11-13-15-17-19-21-23-25-28(27(29)30-6-3)26-24-22-20-18-16-14-12-10-8-5-2;7-5-3-1-2-4-6-8/h4-26H2,1-3H3;7-8H,5-6H2. The molecule has 0 bridgehead atoms. The van der Waals surface area contributed by atoms with Gasteiger partial charge in [0.1, 0.15) is 13.2 Å². The molecule has 0 unspecified atom stereocenters. The van der Waals surface area contributed by atoms with E-state index in [1.807, 2.05) is 11.8 Å². The molecule has 222 valence electrons. The maximum absolute atomic E-state index is 12.2. The lowest BCUT2D eigenvalue weighted by molar-refractivity contribution is 0.105. The molecule has 0 aliphatic heterocycles. The Hall–Kier alpha value is -1.69. The number of carbonyl (C=O) groups is 1. The van der Waals surface area contributed by atoms with Crippen LogP contribution in [0.4, 0.5) is 4.79 Å². The van der Waals surface area contributed by atoms with Crippen molar-refractivity contribution in [2.24, 2.45) is 0 Å². The zero-order valence-corrected chi connectivity index (χ0v) is 25.3. The molecule has 5 nitrogen and oxygen atoms in total. The summed E-state index contributed by atoms with van der Waals surface area (Å²) in [5.74, 6) is 9.24. The third-order valence-corrected chi connectivity index (χ3v) is 6.49. The molecular formula is C33H61NO4. The van der Waals surface area contributed by atoms with Crippen molar-refractivity contribution in [1.29, 1.82) is 0 Å². The van der Waals surface area contributed by atoms with Gasteiger partial charge in [-0.25, -0.2) is 4.79 Å². The van der Waals surface area contributed by atoms with Gasteiger partial charge in [0.25, 0.3) is 0 Å². The summed E-state index contributed by atoms with van der Waals surface area (Å²) in [6.45, 7) is 8.30. The Kier molecular flexibility index (Phi) is 35.7. The van der Waals surface area contributed by atoms with Crippen molar-refractivity contribution < 1.29 is 19.7 Å². The van der Waals surface area contributed by atoms with Crippen LogP contribution < -0.4 is 0 Å². The number of aliphatic hydroxyl groups excluding tert-OH is 2. The highest BCUT2D eigenvalue weighted by Crippen LogP contribution is 2.13. The predicted molar refractivity (Wildman–Crippen MR) is 162 cm³/mol. The highest BCUT2D eigenvalue weighted by atomic mass is 16.6. The summed E-state index contributed by atoms with van der Waals surface area (Å²) in [7, 11) is 0. The van der Waals surface area contributed by atoms with Crippen molar-refractivity contribution in [1.82, 2.24) is 4.90 Å². The number of hydrogen-bond donors (Lipinski definition) is 2. The van der Waals surface area contributed by atoms with Gasteiger partial charge in [0.05, 0.1) is 6.61 Å². The Labute approximate surface area is 236 Å². The zero-order valence-electron chi connectivity index (χ0n) is 25.3. The summed E-state index contributed by atoms with van der Waals surface area (Å²) in [4.78, 5) is 14.2. The molecule has 0 radical (unpaired) electrons. The molecule has 0 aromatic carbocycles. The van der Waals surface area contributed by atoms with E-state index in [1.165, 1.54) is 116 Å². The van der Waals surface area contributed by atoms with Gasteiger partial charge in [-0.3, -0.25) is 0 Å².